The minimum Gasteiger partial charge on any atom is -0.481 e. The van der Waals surface area contributed by atoms with Gasteiger partial charge in [0, 0.05) is 38.3 Å². The summed E-state index contributed by atoms with van der Waals surface area (Å²) in [6.07, 6.45) is 2.49. The van der Waals surface area contributed by atoms with E-state index in [1.807, 2.05) is 12.1 Å². The second kappa shape index (κ2) is 6.71. The first-order chi connectivity index (χ1) is 8.81. The number of aromatic nitrogens is 1. The molecule has 2 rings (SSSR count). The van der Waals surface area contributed by atoms with Crippen molar-refractivity contribution in [1.82, 2.24) is 15.2 Å². The fourth-order valence-corrected chi connectivity index (χ4v) is 2.47. The third-order valence-corrected chi connectivity index (χ3v) is 3.35. The number of piperazine rings is 1. The molecule has 18 heavy (non-hydrogen) atoms. The molecule has 0 saturated carbocycles. The molecule has 1 saturated heterocycles. The van der Waals surface area contributed by atoms with Crippen LogP contribution in [0.25, 0.3) is 0 Å². The number of hydrogen-bond acceptors (Lipinski definition) is 4. The quantitative estimate of drug-likeness (QED) is 0.861. The number of hydrogen-bond donors (Lipinski definition) is 1. The summed E-state index contributed by atoms with van der Waals surface area (Å²) in [6.45, 7) is 6.45. The fourth-order valence-electron chi connectivity index (χ4n) is 2.47. The molecule has 1 unspecified atom stereocenters. The third kappa shape index (κ3) is 3.68. The van der Waals surface area contributed by atoms with Crippen LogP contribution >= 0.6 is 0 Å². The SMILES string of the molecule is CCCC1CN(Cc2cccc(OC)n2)CCN1. The van der Waals surface area contributed by atoms with Crippen molar-refractivity contribution in [2.24, 2.45) is 0 Å². The van der Waals surface area contributed by atoms with E-state index in [1.165, 1.54) is 12.8 Å². The Kier molecular flexibility index (Phi) is 4.96. The predicted molar refractivity (Wildman–Crippen MR) is 72.8 cm³/mol. The molecule has 4 nitrogen and oxygen atoms in total. The highest BCUT2D eigenvalue weighted by Crippen LogP contribution is 2.11. The molecule has 0 aromatic carbocycles. The number of nitrogens with one attached hydrogen (secondary N) is 1. The lowest BCUT2D eigenvalue weighted by Gasteiger charge is -2.33. The van der Waals surface area contributed by atoms with Gasteiger partial charge in [0.05, 0.1) is 12.8 Å². The number of ether oxygens (including phenoxy) is 1. The average Bonchev–Trinajstić information content (AvgIpc) is 2.40. The van der Waals surface area contributed by atoms with E-state index >= 15 is 0 Å². The van der Waals surface area contributed by atoms with Crippen LogP contribution in [0.1, 0.15) is 25.5 Å². The summed E-state index contributed by atoms with van der Waals surface area (Å²) in [7, 11) is 1.66. The van der Waals surface area contributed by atoms with E-state index in [1.54, 1.807) is 7.11 Å². The highest BCUT2D eigenvalue weighted by Gasteiger charge is 2.18. The third-order valence-electron chi connectivity index (χ3n) is 3.35. The maximum Gasteiger partial charge on any atom is 0.213 e. The predicted octanol–water partition coefficient (Wildman–Crippen LogP) is 1.66. The average molecular weight is 249 g/mol. The van der Waals surface area contributed by atoms with Crippen LogP contribution in [-0.2, 0) is 6.54 Å². The van der Waals surface area contributed by atoms with Gasteiger partial charge in [0.15, 0.2) is 0 Å². The molecule has 0 radical (unpaired) electrons. The molecule has 1 aliphatic heterocycles. The second-order valence-electron chi connectivity index (χ2n) is 4.85. The molecule has 0 aliphatic carbocycles. The Balaban J connectivity index is 1.91. The summed E-state index contributed by atoms with van der Waals surface area (Å²) >= 11 is 0. The van der Waals surface area contributed by atoms with Crippen LogP contribution in [0.3, 0.4) is 0 Å². The molecule has 1 atom stereocenters. The zero-order valence-electron chi connectivity index (χ0n) is 11.4. The van der Waals surface area contributed by atoms with Crippen molar-refractivity contribution in [2.75, 3.05) is 26.7 Å². The molecule has 0 bridgehead atoms. The van der Waals surface area contributed by atoms with Crippen molar-refractivity contribution in [1.29, 1.82) is 0 Å². The lowest BCUT2D eigenvalue weighted by Crippen LogP contribution is -2.50. The van der Waals surface area contributed by atoms with E-state index in [-0.39, 0.29) is 0 Å². The van der Waals surface area contributed by atoms with Gasteiger partial charge in [-0.3, -0.25) is 4.90 Å². The van der Waals surface area contributed by atoms with Crippen LogP contribution in [0.4, 0.5) is 0 Å². The van der Waals surface area contributed by atoms with E-state index in [0.29, 0.717) is 11.9 Å². The Labute approximate surface area is 109 Å². The van der Waals surface area contributed by atoms with Gasteiger partial charge in [-0.1, -0.05) is 19.4 Å². The van der Waals surface area contributed by atoms with Crippen LogP contribution in [0.15, 0.2) is 18.2 Å². The normalized spacial score (nSPS) is 20.9. The standard InChI is InChI=1S/C14H23N3O/c1-3-5-12-10-17(9-8-15-12)11-13-6-4-7-14(16-13)18-2/h4,6-7,12,15H,3,5,8-11H2,1-2H3. The number of pyridine rings is 1. The van der Waals surface area contributed by atoms with Gasteiger partial charge >= 0.3 is 0 Å². The van der Waals surface area contributed by atoms with Gasteiger partial charge in [-0.25, -0.2) is 4.98 Å². The van der Waals surface area contributed by atoms with Crippen LogP contribution in [0.2, 0.25) is 0 Å². The van der Waals surface area contributed by atoms with Crippen LogP contribution in [-0.4, -0.2) is 42.7 Å². The summed E-state index contributed by atoms with van der Waals surface area (Å²) in [5.41, 5.74) is 1.09. The van der Waals surface area contributed by atoms with Crippen molar-refractivity contribution in [2.45, 2.75) is 32.4 Å². The Morgan fingerprint density at radius 3 is 3.17 bits per heavy atom. The van der Waals surface area contributed by atoms with Crippen LogP contribution < -0.4 is 10.1 Å². The maximum absolute atomic E-state index is 5.16. The zero-order valence-corrected chi connectivity index (χ0v) is 11.4. The van der Waals surface area contributed by atoms with Gasteiger partial charge in [0.2, 0.25) is 5.88 Å². The highest BCUT2D eigenvalue weighted by atomic mass is 16.5. The molecule has 1 fully saturated rings. The number of nitrogens with zero attached hydrogens (tertiary/aromatic N) is 2. The topological polar surface area (TPSA) is 37.4 Å². The molecular weight excluding hydrogens is 226 g/mol. The fraction of sp³-hybridized carbons (Fsp3) is 0.643. The van der Waals surface area contributed by atoms with Gasteiger partial charge in [0.25, 0.3) is 0 Å². The van der Waals surface area contributed by atoms with Crippen molar-refractivity contribution >= 4 is 0 Å². The molecule has 1 aromatic rings. The molecule has 1 N–H and O–H groups in total. The zero-order chi connectivity index (χ0) is 12.8. The molecule has 2 heterocycles. The summed E-state index contributed by atoms with van der Waals surface area (Å²) in [6, 6.07) is 6.60. The molecule has 4 heteroatoms. The Morgan fingerprint density at radius 2 is 2.39 bits per heavy atom. The molecule has 100 valence electrons. The molecular formula is C14H23N3O. The molecule has 1 aliphatic rings. The van der Waals surface area contributed by atoms with Gasteiger partial charge < -0.3 is 10.1 Å². The van der Waals surface area contributed by atoms with Crippen LogP contribution in [0.5, 0.6) is 5.88 Å². The summed E-state index contributed by atoms with van der Waals surface area (Å²) < 4.78 is 5.16. The van der Waals surface area contributed by atoms with E-state index in [0.717, 1.165) is 31.9 Å². The lowest BCUT2D eigenvalue weighted by molar-refractivity contribution is 0.184. The van der Waals surface area contributed by atoms with Crippen molar-refractivity contribution in [3.05, 3.63) is 23.9 Å². The summed E-state index contributed by atoms with van der Waals surface area (Å²) in [5.74, 6) is 0.702. The van der Waals surface area contributed by atoms with Gasteiger partial charge in [-0.05, 0) is 12.5 Å². The Hall–Kier alpha value is -1.13. The minimum atomic E-state index is 0.634. The Bertz CT molecular complexity index is 368. The van der Waals surface area contributed by atoms with Gasteiger partial charge in [-0.2, -0.15) is 0 Å². The first-order valence-electron chi connectivity index (χ1n) is 6.77. The first-order valence-corrected chi connectivity index (χ1v) is 6.77. The largest absolute Gasteiger partial charge is 0.481 e. The highest BCUT2D eigenvalue weighted by molar-refractivity contribution is 5.15. The van der Waals surface area contributed by atoms with Gasteiger partial charge in [0.1, 0.15) is 0 Å². The number of methoxy groups -OCH3 is 1. The van der Waals surface area contributed by atoms with E-state index in [9.17, 15) is 0 Å². The van der Waals surface area contributed by atoms with Crippen molar-refractivity contribution in [3.63, 3.8) is 0 Å². The van der Waals surface area contributed by atoms with E-state index in [4.69, 9.17) is 4.74 Å². The second-order valence-corrected chi connectivity index (χ2v) is 4.85. The van der Waals surface area contributed by atoms with Gasteiger partial charge in [-0.15, -0.1) is 0 Å². The van der Waals surface area contributed by atoms with E-state index < -0.39 is 0 Å². The first kappa shape index (κ1) is 13.3. The molecule has 1 aromatic heterocycles. The smallest absolute Gasteiger partial charge is 0.213 e. The number of rotatable bonds is 5. The van der Waals surface area contributed by atoms with Crippen LogP contribution in [0, 0.1) is 0 Å². The lowest BCUT2D eigenvalue weighted by atomic mass is 10.1. The minimum absolute atomic E-state index is 0.634. The van der Waals surface area contributed by atoms with Crippen molar-refractivity contribution < 1.29 is 4.74 Å². The molecule has 0 amide bonds. The monoisotopic (exact) mass is 249 g/mol. The van der Waals surface area contributed by atoms with Crippen molar-refractivity contribution in [3.8, 4) is 5.88 Å². The van der Waals surface area contributed by atoms with E-state index in [2.05, 4.69) is 28.2 Å². The molecule has 0 spiro atoms. The summed E-state index contributed by atoms with van der Waals surface area (Å²) in [5, 5.41) is 3.57. The summed E-state index contributed by atoms with van der Waals surface area (Å²) in [4.78, 5) is 6.94. The Morgan fingerprint density at radius 1 is 1.50 bits per heavy atom. The maximum atomic E-state index is 5.16.